The number of carbonyl (C=O) groups excluding carboxylic acids is 1. The van der Waals surface area contributed by atoms with Crippen molar-refractivity contribution in [2.75, 3.05) is 6.54 Å². The number of thiophene rings is 1. The van der Waals surface area contributed by atoms with Crippen LogP contribution in [0.3, 0.4) is 0 Å². The van der Waals surface area contributed by atoms with E-state index in [1.165, 1.54) is 24.2 Å². The minimum absolute atomic E-state index is 0.181. The molecule has 0 spiro atoms. The number of hydrogen-bond donors (Lipinski definition) is 0. The zero-order chi connectivity index (χ0) is 11.7. The molecule has 5 heteroatoms. The quantitative estimate of drug-likeness (QED) is 0.778. The van der Waals surface area contributed by atoms with Crippen LogP contribution in [-0.2, 0) is 0 Å². The maximum absolute atomic E-state index is 12.3. The van der Waals surface area contributed by atoms with Gasteiger partial charge in [-0.15, -0.1) is 11.3 Å². The van der Waals surface area contributed by atoms with E-state index in [2.05, 4.69) is 38.8 Å². The molecule has 0 atom stereocenters. The number of carbonyl (C=O) groups is 1. The average molecular weight is 367 g/mol. The molecule has 1 fully saturated rings. The van der Waals surface area contributed by atoms with Crippen LogP contribution in [-0.4, -0.2) is 23.4 Å². The fourth-order valence-corrected chi connectivity index (χ4v) is 3.66. The summed E-state index contributed by atoms with van der Waals surface area (Å²) in [4.78, 5) is 15.1. The fourth-order valence-electron chi connectivity index (χ4n) is 1.67. The predicted octanol–water partition coefficient (Wildman–Crippen LogP) is 4.29. The van der Waals surface area contributed by atoms with Gasteiger partial charge in [-0.2, -0.15) is 0 Å². The molecule has 1 aromatic heterocycles. The molecule has 0 radical (unpaired) electrons. The largest absolute Gasteiger partial charge is 0.335 e. The number of nitrogens with zero attached hydrogens (tertiary/aromatic N) is 1. The van der Waals surface area contributed by atoms with E-state index in [1.54, 1.807) is 0 Å². The Morgan fingerprint density at radius 1 is 1.56 bits per heavy atom. The molecular weight excluding hydrogens is 354 g/mol. The van der Waals surface area contributed by atoms with Crippen molar-refractivity contribution in [2.45, 2.75) is 32.2 Å². The van der Waals surface area contributed by atoms with Crippen molar-refractivity contribution in [2.24, 2.45) is 0 Å². The predicted molar refractivity (Wildman–Crippen MR) is 74.1 cm³/mol. The van der Waals surface area contributed by atoms with Gasteiger partial charge in [0.05, 0.1) is 8.66 Å². The molecule has 2 nitrogen and oxygen atoms in total. The monoisotopic (exact) mass is 365 g/mol. The molecule has 1 aromatic rings. The third-order valence-electron chi connectivity index (χ3n) is 2.57. The third kappa shape index (κ3) is 2.68. The van der Waals surface area contributed by atoms with Gasteiger partial charge in [-0.1, -0.05) is 6.92 Å². The Morgan fingerprint density at radius 2 is 2.25 bits per heavy atom. The molecule has 88 valence electrons. The van der Waals surface area contributed by atoms with Crippen molar-refractivity contribution >= 4 is 49.1 Å². The van der Waals surface area contributed by atoms with Gasteiger partial charge in [0.15, 0.2) is 0 Å². The summed E-state index contributed by atoms with van der Waals surface area (Å²) >= 11 is 8.34. The van der Waals surface area contributed by atoms with Crippen molar-refractivity contribution in [1.82, 2.24) is 4.90 Å². The summed E-state index contributed by atoms with van der Waals surface area (Å²) in [7, 11) is 0. The van der Waals surface area contributed by atoms with Crippen LogP contribution >= 0.6 is 43.2 Å². The highest BCUT2D eigenvalue weighted by Gasteiger charge is 2.33. The molecular formula is C11H13Br2NOS. The second-order valence-electron chi connectivity index (χ2n) is 3.96. The van der Waals surface area contributed by atoms with E-state index in [1.807, 2.05) is 11.0 Å². The molecule has 0 unspecified atom stereocenters. The molecule has 1 amide bonds. The van der Waals surface area contributed by atoms with Gasteiger partial charge in [0.2, 0.25) is 0 Å². The molecule has 1 heterocycles. The van der Waals surface area contributed by atoms with Gasteiger partial charge in [-0.25, -0.2) is 0 Å². The minimum Gasteiger partial charge on any atom is -0.335 e. The molecule has 0 saturated heterocycles. The minimum atomic E-state index is 0.181. The Kier molecular flexibility index (Phi) is 4.08. The zero-order valence-corrected chi connectivity index (χ0v) is 13.0. The van der Waals surface area contributed by atoms with E-state index in [0.717, 1.165) is 26.1 Å². The summed E-state index contributed by atoms with van der Waals surface area (Å²) in [6, 6.07) is 2.40. The van der Waals surface area contributed by atoms with Gasteiger partial charge in [-0.3, -0.25) is 4.79 Å². The first-order valence-corrected chi connectivity index (χ1v) is 7.79. The van der Waals surface area contributed by atoms with Crippen LogP contribution in [0.2, 0.25) is 0 Å². The number of halogens is 2. The van der Waals surface area contributed by atoms with E-state index in [0.29, 0.717) is 6.04 Å². The lowest BCUT2D eigenvalue weighted by Gasteiger charge is -2.20. The van der Waals surface area contributed by atoms with Crippen LogP contribution in [0.1, 0.15) is 35.9 Å². The summed E-state index contributed by atoms with van der Waals surface area (Å²) in [6.45, 7) is 2.99. The Morgan fingerprint density at radius 3 is 2.69 bits per heavy atom. The van der Waals surface area contributed by atoms with Gasteiger partial charge in [0, 0.05) is 17.1 Å². The Labute approximate surface area is 116 Å². The molecule has 1 aliphatic carbocycles. The van der Waals surface area contributed by atoms with Crippen LogP contribution in [0.15, 0.2) is 14.3 Å². The lowest BCUT2D eigenvalue weighted by molar-refractivity contribution is 0.0748. The topological polar surface area (TPSA) is 20.3 Å². The first kappa shape index (κ1) is 12.6. The fraction of sp³-hybridized carbons (Fsp3) is 0.545. The number of hydrogen-bond acceptors (Lipinski definition) is 2. The van der Waals surface area contributed by atoms with Crippen molar-refractivity contribution < 1.29 is 4.79 Å². The second kappa shape index (κ2) is 5.19. The first-order valence-electron chi connectivity index (χ1n) is 5.39. The van der Waals surface area contributed by atoms with Crippen molar-refractivity contribution in [3.05, 3.63) is 19.2 Å². The van der Waals surface area contributed by atoms with E-state index >= 15 is 0 Å². The maximum atomic E-state index is 12.3. The molecule has 2 rings (SSSR count). The SMILES string of the molecule is CCCN(C(=O)c1cc(Br)c(Br)s1)C1CC1. The van der Waals surface area contributed by atoms with Gasteiger partial charge >= 0.3 is 0 Å². The van der Waals surface area contributed by atoms with E-state index in [4.69, 9.17) is 0 Å². The Hall–Kier alpha value is 0.130. The summed E-state index contributed by atoms with van der Waals surface area (Å²) < 4.78 is 1.95. The highest BCUT2D eigenvalue weighted by atomic mass is 79.9. The molecule has 0 N–H and O–H groups in total. The average Bonchev–Trinajstić information content (AvgIpc) is 3.02. The second-order valence-corrected chi connectivity index (χ2v) is 7.19. The summed E-state index contributed by atoms with van der Waals surface area (Å²) in [6.07, 6.45) is 3.36. The van der Waals surface area contributed by atoms with Crippen molar-refractivity contribution in [3.8, 4) is 0 Å². The standard InChI is InChI=1S/C11H13Br2NOS/c1-2-5-14(7-3-4-7)11(15)9-6-8(12)10(13)16-9/h6-7H,2-5H2,1H3. The summed E-state index contributed by atoms with van der Waals surface area (Å²) in [5.74, 6) is 0.181. The Bertz CT molecular complexity index is 381. The highest BCUT2D eigenvalue weighted by molar-refractivity contribution is 9.13. The normalized spacial score (nSPS) is 15.2. The number of amides is 1. The van der Waals surface area contributed by atoms with Gasteiger partial charge in [-0.05, 0) is 57.2 Å². The third-order valence-corrected chi connectivity index (χ3v) is 5.81. The first-order chi connectivity index (χ1) is 7.63. The van der Waals surface area contributed by atoms with Crippen LogP contribution in [0, 0.1) is 0 Å². The van der Waals surface area contributed by atoms with E-state index in [9.17, 15) is 4.79 Å². The van der Waals surface area contributed by atoms with Crippen LogP contribution in [0.4, 0.5) is 0 Å². The van der Waals surface area contributed by atoms with Crippen LogP contribution in [0.25, 0.3) is 0 Å². The van der Waals surface area contributed by atoms with Crippen LogP contribution in [0.5, 0.6) is 0 Å². The van der Waals surface area contributed by atoms with Gasteiger partial charge in [0.1, 0.15) is 0 Å². The van der Waals surface area contributed by atoms with Gasteiger partial charge in [0.25, 0.3) is 5.91 Å². The van der Waals surface area contributed by atoms with Gasteiger partial charge < -0.3 is 4.90 Å². The van der Waals surface area contributed by atoms with Crippen molar-refractivity contribution in [3.63, 3.8) is 0 Å². The molecule has 0 aromatic carbocycles. The lowest BCUT2D eigenvalue weighted by atomic mass is 10.3. The highest BCUT2D eigenvalue weighted by Crippen LogP contribution is 2.35. The zero-order valence-electron chi connectivity index (χ0n) is 9.00. The summed E-state index contributed by atoms with van der Waals surface area (Å²) in [5, 5.41) is 0. The van der Waals surface area contributed by atoms with E-state index < -0.39 is 0 Å². The molecule has 0 bridgehead atoms. The van der Waals surface area contributed by atoms with Crippen molar-refractivity contribution in [1.29, 1.82) is 0 Å². The molecule has 16 heavy (non-hydrogen) atoms. The van der Waals surface area contributed by atoms with Crippen LogP contribution < -0.4 is 0 Å². The number of rotatable bonds is 4. The maximum Gasteiger partial charge on any atom is 0.264 e. The molecule has 1 saturated carbocycles. The molecule has 0 aliphatic heterocycles. The summed E-state index contributed by atoms with van der Waals surface area (Å²) in [5.41, 5.74) is 0. The lowest BCUT2D eigenvalue weighted by Crippen LogP contribution is -2.33. The van der Waals surface area contributed by atoms with E-state index in [-0.39, 0.29) is 5.91 Å². The Balaban J connectivity index is 2.15. The smallest absolute Gasteiger partial charge is 0.264 e. The molecule has 1 aliphatic rings.